The van der Waals surface area contributed by atoms with Crippen molar-refractivity contribution in [3.63, 3.8) is 0 Å². The molecule has 2 aromatic heterocycles. The fraction of sp³-hybridized carbons (Fsp3) is 0.211. The number of hydrogen-bond donors (Lipinski definition) is 1. The van der Waals surface area contributed by atoms with Crippen LogP contribution in [-0.2, 0) is 9.53 Å². The smallest absolute Gasteiger partial charge is 0.307 e. The number of benzene rings is 1. The second kappa shape index (κ2) is 7.85. The zero-order valence-corrected chi connectivity index (χ0v) is 15.9. The first kappa shape index (κ1) is 18.4. The van der Waals surface area contributed by atoms with Crippen molar-refractivity contribution in [3.8, 4) is 10.6 Å². The Bertz CT molecular complexity index is 970. The maximum atomic E-state index is 12.8. The number of methoxy groups -OCH3 is 1. The molecule has 0 spiro atoms. The summed E-state index contributed by atoms with van der Waals surface area (Å²) in [5.41, 5.74) is 1.92. The van der Waals surface area contributed by atoms with Crippen LogP contribution in [0.15, 0.2) is 42.5 Å². The first-order valence-corrected chi connectivity index (χ1v) is 9.20. The van der Waals surface area contributed by atoms with Crippen molar-refractivity contribution >= 4 is 45.7 Å². The molecule has 134 valence electrons. The Morgan fingerprint density at radius 3 is 2.73 bits per heavy atom. The second-order valence-electron chi connectivity index (χ2n) is 5.83. The van der Waals surface area contributed by atoms with E-state index in [9.17, 15) is 9.59 Å². The fourth-order valence-corrected chi connectivity index (χ4v) is 3.63. The molecule has 2 heterocycles. The quantitative estimate of drug-likeness (QED) is 0.662. The Kier molecular flexibility index (Phi) is 5.54. The minimum Gasteiger partial charge on any atom is -0.469 e. The van der Waals surface area contributed by atoms with Crippen LogP contribution in [0.2, 0.25) is 4.34 Å². The molecule has 3 rings (SSSR count). The van der Waals surface area contributed by atoms with Gasteiger partial charge in [0.1, 0.15) is 0 Å². The first-order valence-electron chi connectivity index (χ1n) is 8.01. The highest BCUT2D eigenvalue weighted by atomic mass is 35.5. The third kappa shape index (κ3) is 4.03. The summed E-state index contributed by atoms with van der Waals surface area (Å²) in [6, 6.07) is 12.5. The summed E-state index contributed by atoms with van der Waals surface area (Å²) >= 11 is 7.43. The van der Waals surface area contributed by atoms with Gasteiger partial charge in [-0.1, -0.05) is 29.8 Å². The monoisotopic (exact) mass is 388 g/mol. The number of esters is 1. The van der Waals surface area contributed by atoms with Gasteiger partial charge in [-0.25, -0.2) is 4.98 Å². The predicted octanol–water partition coefficient (Wildman–Crippen LogP) is 4.30. The van der Waals surface area contributed by atoms with Gasteiger partial charge in [-0.05, 0) is 31.2 Å². The number of rotatable bonds is 5. The Morgan fingerprint density at radius 1 is 1.27 bits per heavy atom. The van der Waals surface area contributed by atoms with Gasteiger partial charge in [-0.15, -0.1) is 11.3 Å². The molecule has 0 saturated carbocycles. The molecule has 0 saturated heterocycles. The number of ether oxygens (including phenoxy) is 1. The molecule has 26 heavy (non-hydrogen) atoms. The molecule has 5 nitrogen and oxygen atoms in total. The molecule has 0 aliphatic rings. The van der Waals surface area contributed by atoms with Gasteiger partial charge in [0.15, 0.2) is 0 Å². The highest BCUT2D eigenvalue weighted by Gasteiger charge is 2.18. The fourth-order valence-electron chi connectivity index (χ4n) is 2.63. The van der Waals surface area contributed by atoms with Crippen LogP contribution in [-0.4, -0.2) is 30.0 Å². The number of aromatic nitrogens is 1. The maximum absolute atomic E-state index is 12.8. The maximum Gasteiger partial charge on any atom is 0.307 e. The third-order valence-corrected chi connectivity index (χ3v) is 5.12. The molecular formula is C19H17ClN2O3S. The van der Waals surface area contributed by atoms with E-state index < -0.39 is 0 Å². The molecule has 0 bridgehead atoms. The summed E-state index contributed by atoms with van der Waals surface area (Å²) < 4.78 is 5.31. The van der Waals surface area contributed by atoms with Gasteiger partial charge in [0.2, 0.25) is 0 Å². The molecule has 3 aromatic rings. The van der Waals surface area contributed by atoms with Crippen LogP contribution in [0, 0.1) is 0 Å². The van der Waals surface area contributed by atoms with Crippen LogP contribution >= 0.6 is 22.9 Å². The number of para-hydroxylation sites is 1. The Balaban J connectivity index is 1.98. The molecule has 1 aromatic carbocycles. The average Bonchev–Trinajstić information content (AvgIpc) is 3.06. The lowest BCUT2D eigenvalue weighted by Gasteiger charge is -2.14. The van der Waals surface area contributed by atoms with E-state index in [-0.39, 0.29) is 24.3 Å². The van der Waals surface area contributed by atoms with E-state index in [0.717, 1.165) is 15.8 Å². The molecular weight excluding hydrogens is 372 g/mol. The number of carbonyl (C=O) groups excluding carboxylic acids is 2. The molecule has 7 heteroatoms. The van der Waals surface area contributed by atoms with Crippen molar-refractivity contribution < 1.29 is 14.3 Å². The van der Waals surface area contributed by atoms with Crippen molar-refractivity contribution in [2.75, 3.05) is 7.11 Å². The Morgan fingerprint density at radius 2 is 2.04 bits per heavy atom. The molecule has 1 N–H and O–H groups in total. The third-order valence-electron chi connectivity index (χ3n) is 3.86. The summed E-state index contributed by atoms with van der Waals surface area (Å²) in [5, 5.41) is 3.60. The SMILES string of the molecule is COC(=O)CC(C)NC(=O)c1cc(-c2ccc(Cl)s2)nc2ccccc12. The highest BCUT2D eigenvalue weighted by Crippen LogP contribution is 2.32. The minimum absolute atomic E-state index is 0.110. The van der Waals surface area contributed by atoms with Crippen LogP contribution in [0.3, 0.4) is 0 Å². The van der Waals surface area contributed by atoms with E-state index in [4.69, 9.17) is 11.6 Å². The van der Waals surface area contributed by atoms with Crippen LogP contribution in [0.4, 0.5) is 0 Å². The van der Waals surface area contributed by atoms with Gasteiger partial charge in [-0.3, -0.25) is 9.59 Å². The van der Waals surface area contributed by atoms with Crippen molar-refractivity contribution in [1.82, 2.24) is 10.3 Å². The lowest BCUT2D eigenvalue weighted by molar-refractivity contribution is -0.141. The van der Waals surface area contributed by atoms with Crippen molar-refractivity contribution in [2.45, 2.75) is 19.4 Å². The largest absolute Gasteiger partial charge is 0.469 e. The molecule has 0 aliphatic heterocycles. The number of pyridine rings is 1. The summed E-state index contributed by atoms with van der Waals surface area (Å²) in [7, 11) is 1.33. The van der Waals surface area contributed by atoms with Gasteiger partial charge in [0, 0.05) is 11.4 Å². The van der Waals surface area contributed by atoms with Crippen LogP contribution in [0.25, 0.3) is 21.5 Å². The number of halogens is 1. The zero-order chi connectivity index (χ0) is 18.7. The summed E-state index contributed by atoms with van der Waals surface area (Å²) in [4.78, 5) is 29.7. The summed E-state index contributed by atoms with van der Waals surface area (Å²) in [6.07, 6.45) is 0.110. The number of nitrogens with zero attached hydrogens (tertiary/aromatic N) is 1. The minimum atomic E-state index is -0.369. The second-order valence-corrected chi connectivity index (χ2v) is 7.55. The van der Waals surface area contributed by atoms with Crippen LogP contribution in [0.5, 0.6) is 0 Å². The van der Waals surface area contributed by atoms with E-state index in [1.54, 1.807) is 19.1 Å². The van der Waals surface area contributed by atoms with Crippen molar-refractivity contribution in [1.29, 1.82) is 0 Å². The van der Waals surface area contributed by atoms with E-state index in [0.29, 0.717) is 15.6 Å². The number of amides is 1. The number of fused-ring (bicyclic) bond motifs is 1. The molecule has 1 amide bonds. The molecule has 0 aliphatic carbocycles. The highest BCUT2D eigenvalue weighted by molar-refractivity contribution is 7.19. The van der Waals surface area contributed by atoms with Gasteiger partial charge >= 0.3 is 5.97 Å². The zero-order valence-electron chi connectivity index (χ0n) is 14.3. The van der Waals surface area contributed by atoms with Gasteiger partial charge in [-0.2, -0.15) is 0 Å². The lowest BCUT2D eigenvalue weighted by atomic mass is 10.1. The van der Waals surface area contributed by atoms with Crippen molar-refractivity contribution in [2.24, 2.45) is 0 Å². The van der Waals surface area contributed by atoms with E-state index in [2.05, 4.69) is 15.0 Å². The van der Waals surface area contributed by atoms with E-state index >= 15 is 0 Å². The van der Waals surface area contributed by atoms with Gasteiger partial charge < -0.3 is 10.1 Å². The predicted molar refractivity (Wildman–Crippen MR) is 104 cm³/mol. The summed E-state index contributed by atoms with van der Waals surface area (Å²) in [6.45, 7) is 1.76. The average molecular weight is 389 g/mol. The van der Waals surface area contributed by atoms with Crippen LogP contribution in [0.1, 0.15) is 23.7 Å². The number of hydrogen-bond acceptors (Lipinski definition) is 5. The molecule has 0 radical (unpaired) electrons. The van der Waals surface area contributed by atoms with Crippen LogP contribution < -0.4 is 5.32 Å². The van der Waals surface area contributed by atoms with E-state index in [1.807, 2.05) is 30.3 Å². The summed E-state index contributed by atoms with van der Waals surface area (Å²) in [5.74, 6) is -0.629. The topological polar surface area (TPSA) is 68.3 Å². The van der Waals surface area contributed by atoms with Gasteiger partial charge in [0.25, 0.3) is 5.91 Å². The number of thiophene rings is 1. The standard InChI is InChI=1S/C19H17ClN2O3S/c1-11(9-18(23)25-2)21-19(24)13-10-15(16-7-8-17(20)26-16)22-14-6-4-3-5-12(13)14/h3-8,10-11H,9H2,1-2H3,(H,21,24). The molecule has 1 unspecified atom stereocenters. The first-order chi connectivity index (χ1) is 12.5. The lowest BCUT2D eigenvalue weighted by Crippen LogP contribution is -2.34. The van der Waals surface area contributed by atoms with E-state index in [1.165, 1.54) is 18.4 Å². The number of nitrogens with one attached hydrogen (secondary N) is 1. The Labute approximate surface area is 160 Å². The normalized spacial score (nSPS) is 12.0. The van der Waals surface area contributed by atoms with Crippen molar-refractivity contribution in [3.05, 3.63) is 52.4 Å². The number of carbonyl (C=O) groups is 2. The molecule has 1 atom stereocenters. The Hall–Kier alpha value is -2.44. The van der Waals surface area contributed by atoms with Gasteiger partial charge in [0.05, 0.1) is 39.5 Å². The molecule has 0 fully saturated rings.